The molecule has 3 N–H and O–H groups in total. The minimum absolute atomic E-state index is 0.0754. The van der Waals surface area contributed by atoms with Gasteiger partial charge in [0, 0.05) is 31.2 Å². The zero-order chi connectivity index (χ0) is 12.5. The molecular weight excluding hydrogens is 226 g/mol. The topological polar surface area (TPSA) is 58.4 Å². The summed E-state index contributed by atoms with van der Waals surface area (Å²) in [6, 6.07) is 1.35. The lowest BCUT2D eigenvalue weighted by Crippen LogP contribution is -2.48. The molecule has 0 aromatic carbocycles. The molecule has 1 amide bonds. The van der Waals surface area contributed by atoms with Crippen LogP contribution in [0.4, 0.5) is 0 Å². The second-order valence-corrected chi connectivity index (χ2v) is 6.25. The Morgan fingerprint density at radius 2 is 1.78 bits per heavy atom. The monoisotopic (exact) mass is 251 g/mol. The van der Waals surface area contributed by atoms with Gasteiger partial charge in [0.05, 0.1) is 5.92 Å². The smallest absolute Gasteiger partial charge is 0.224 e. The molecule has 1 aliphatic heterocycles. The summed E-state index contributed by atoms with van der Waals surface area (Å²) in [6.45, 7) is 2.32. The van der Waals surface area contributed by atoms with Gasteiger partial charge in [-0.2, -0.15) is 0 Å². The van der Waals surface area contributed by atoms with Gasteiger partial charge in [0.1, 0.15) is 0 Å². The average molecular weight is 251 g/mol. The van der Waals surface area contributed by atoms with Gasteiger partial charge < -0.3 is 16.0 Å². The van der Waals surface area contributed by atoms with Crippen LogP contribution in [0.3, 0.4) is 0 Å². The van der Waals surface area contributed by atoms with Crippen LogP contribution in [0.1, 0.15) is 44.9 Å². The molecule has 2 aliphatic carbocycles. The number of nitrogens with one attached hydrogen (secondary N) is 1. The molecule has 18 heavy (non-hydrogen) atoms. The molecule has 0 radical (unpaired) electrons. The maximum Gasteiger partial charge on any atom is 0.224 e. The summed E-state index contributed by atoms with van der Waals surface area (Å²) in [6.07, 6.45) is 8.10. The number of carbonyl (C=O) groups excluding carboxylic acids is 1. The molecule has 3 fully saturated rings. The Kier molecular flexibility index (Phi) is 3.57. The van der Waals surface area contributed by atoms with E-state index < -0.39 is 0 Å². The molecule has 0 aromatic rings. The molecule has 2 atom stereocenters. The Hall–Kier alpha value is -0.610. The number of nitrogens with zero attached hydrogens (tertiary/aromatic N) is 1. The highest BCUT2D eigenvalue weighted by Gasteiger charge is 2.34. The number of hydrogen-bond acceptors (Lipinski definition) is 3. The van der Waals surface area contributed by atoms with Crippen LogP contribution in [0, 0.1) is 5.92 Å². The van der Waals surface area contributed by atoms with Crippen molar-refractivity contribution in [2.45, 2.75) is 63.1 Å². The fraction of sp³-hybridized carbons (Fsp3) is 0.929. The number of amides is 1. The first-order valence-electron chi connectivity index (χ1n) is 7.54. The van der Waals surface area contributed by atoms with Crippen LogP contribution in [0.15, 0.2) is 0 Å². The van der Waals surface area contributed by atoms with E-state index in [4.69, 9.17) is 5.73 Å². The summed E-state index contributed by atoms with van der Waals surface area (Å²) < 4.78 is 0. The van der Waals surface area contributed by atoms with Crippen LogP contribution in [-0.2, 0) is 4.79 Å². The third kappa shape index (κ3) is 2.69. The molecule has 4 nitrogen and oxygen atoms in total. The number of carbonyl (C=O) groups is 1. The van der Waals surface area contributed by atoms with Crippen molar-refractivity contribution in [3.63, 3.8) is 0 Å². The number of piperidine rings is 1. The van der Waals surface area contributed by atoms with Crippen molar-refractivity contribution in [1.29, 1.82) is 0 Å². The van der Waals surface area contributed by atoms with Crippen molar-refractivity contribution in [2.24, 2.45) is 11.7 Å². The van der Waals surface area contributed by atoms with E-state index in [-0.39, 0.29) is 17.9 Å². The Balaban J connectivity index is 1.44. The van der Waals surface area contributed by atoms with Gasteiger partial charge in [0.15, 0.2) is 0 Å². The summed E-state index contributed by atoms with van der Waals surface area (Å²) in [7, 11) is 0. The van der Waals surface area contributed by atoms with Crippen molar-refractivity contribution in [3.05, 3.63) is 0 Å². The highest BCUT2D eigenvalue weighted by Crippen LogP contribution is 2.29. The molecule has 1 saturated heterocycles. The predicted molar refractivity (Wildman–Crippen MR) is 71.1 cm³/mol. The van der Waals surface area contributed by atoms with Crippen molar-refractivity contribution in [1.82, 2.24) is 10.2 Å². The van der Waals surface area contributed by atoms with Gasteiger partial charge in [0.2, 0.25) is 5.91 Å². The van der Waals surface area contributed by atoms with Crippen molar-refractivity contribution in [3.8, 4) is 0 Å². The van der Waals surface area contributed by atoms with Gasteiger partial charge in [-0.05, 0) is 38.5 Å². The second kappa shape index (κ2) is 5.17. The lowest BCUT2D eigenvalue weighted by Gasteiger charge is -2.33. The van der Waals surface area contributed by atoms with Gasteiger partial charge in [-0.1, -0.05) is 6.42 Å². The number of likely N-dealkylation sites (tertiary alicyclic amines) is 1. The second-order valence-electron chi connectivity index (χ2n) is 6.25. The molecule has 4 heteroatoms. The van der Waals surface area contributed by atoms with Gasteiger partial charge in [-0.3, -0.25) is 4.79 Å². The standard InChI is InChI=1S/C14H25N3O/c15-13-3-1-2-12(13)14(18)16-10-6-8-17(9-7-10)11-4-5-11/h10-13H,1-9,15H2,(H,16,18). The quantitative estimate of drug-likeness (QED) is 0.782. The van der Waals surface area contributed by atoms with E-state index in [1.165, 1.54) is 12.8 Å². The summed E-state index contributed by atoms with van der Waals surface area (Å²) in [4.78, 5) is 14.7. The summed E-state index contributed by atoms with van der Waals surface area (Å²) in [5.74, 6) is 0.288. The van der Waals surface area contributed by atoms with Gasteiger partial charge >= 0.3 is 0 Å². The Morgan fingerprint density at radius 3 is 2.33 bits per heavy atom. The largest absolute Gasteiger partial charge is 0.353 e. The molecule has 3 rings (SSSR count). The van der Waals surface area contributed by atoms with Crippen LogP contribution in [0.2, 0.25) is 0 Å². The molecule has 0 bridgehead atoms. The highest BCUT2D eigenvalue weighted by molar-refractivity contribution is 5.80. The lowest BCUT2D eigenvalue weighted by atomic mass is 10.00. The summed E-state index contributed by atoms with van der Waals surface area (Å²) in [5.41, 5.74) is 5.99. The first-order chi connectivity index (χ1) is 8.74. The van der Waals surface area contributed by atoms with E-state index in [0.29, 0.717) is 6.04 Å². The fourth-order valence-corrected chi connectivity index (χ4v) is 3.47. The minimum Gasteiger partial charge on any atom is -0.353 e. The molecule has 1 heterocycles. The van der Waals surface area contributed by atoms with Crippen LogP contribution in [0.5, 0.6) is 0 Å². The van der Waals surface area contributed by atoms with Crippen molar-refractivity contribution in [2.75, 3.05) is 13.1 Å². The predicted octanol–water partition coefficient (Wildman–Crippen LogP) is 0.857. The van der Waals surface area contributed by atoms with Crippen molar-refractivity contribution >= 4 is 5.91 Å². The highest BCUT2D eigenvalue weighted by atomic mass is 16.2. The van der Waals surface area contributed by atoms with Crippen LogP contribution in [0.25, 0.3) is 0 Å². The number of nitrogens with two attached hydrogens (primary N) is 1. The van der Waals surface area contributed by atoms with E-state index in [1.54, 1.807) is 0 Å². The summed E-state index contributed by atoms with van der Waals surface area (Å²) >= 11 is 0. The van der Waals surface area contributed by atoms with E-state index >= 15 is 0 Å². The zero-order valence-corrected chi connectivity index (χ0v) is 11.1. The van der Waals surface area contributed by atoms with Gasteiger partial charge in [-0.15, -0.1) is 0 Å². The molecular formula is C14H25N3O. The fourth-order valence-electron chi connectivity index (χ4n) is 3.47. The lowest BCUT2D eigenvalue weighted by molar-refractivity contribution is -0.126. The first-order valence-corrected chi connectivity index (χ1v) is 7.54. The molecule has 102 valence electrons. The number of rotatable bonds is 3. The molecule has 0 spiro atoms. The SMILES string of the molecule is NC1CCCC1C(=O)NC1CCN(C2CC2)CC1. The Bertz CT molecular complexity index is 308. The zero-order valence-electron chi connectivity index (χ0n) is 11.1. The van der Waals surface area contributed by atoms with Crippen LogP contribution >= 0.6 is 0 Å². The Morgan fingerprint density at radius 1 is 1.06 bits per heavy atom. The third-order valence-corrected chi connectivity index (χ3v) is 4.85. The van der Waals surface area contributed by atoms with Crippen LogP contribution < -0.4 is 11.1 Å². The normalized spacial score (nSPS) is 34.7. The molecule has 3 aliphatic rings. The third-order valence-electron chi connectivity index (χ3n) is 4.85. The number of hydrogen-bond donors (Lipinski definition) is 2. The minimum atomic E-state index is 0.0754. The van der Waals surface area contributed by atoms with E-state index in [1.807, 2.05) is 0 Å². The molecule has 2 unspecified atom stereocenters. The first kappa shape index (κ1) is 12.4. The molecule has 0 aromatic heterocycles. The summed E-state index contributed by atoms with van der Waals surface area (Å²) in [5, 5.41) is 3.23. The van der Waals surface area contributed by atoms with Gasteiger partial charge in [-0.25, -0.2) is 0 Å². The van der Waals surface area contributed by atoms with Crippen LogP contribution in [-0.4, -0.2) is 42.0 Å². The van der Waals surface area contributed by atoms with Crippen molar-refractivity contribution < 1.29 is 4.79 Å². The Labute approximate surface area is 109 Å². The van der Waals surface area contributed by atoms with Gasteiger partial charge in [0.25, 0.3) is 0 Å². The average Bonchev–Trinajstić information content (AvgIpc) is 3.12. The molecule has 2 saturated carbocycles. The maximum atomic E-state index is 12.1. The maximum absolute atomic E-state index is 12.1. The van der Waals surface area contributed by atoms with E-state index in [9.17, 15) is 4.79 Å². The van der Waals surface area contributed by atoms with E-state index in [2.05, 4.69) is 10.2 Å². The van der Waals surface area contributed by atoms with E-state index in [0.717, 1.165) is 51.2 Å².